The molecule has 0 radical (unpaired) electrons. The van der Waals surface area contributed by atoms with Gasteiger partial charge in [0.25, 0.3) is 0 Å². The maximum atomic E-state index is 12.1. The minimum absolute atomic E-state index is 0.0607. The van der Waals surface area contributed by atoms with Gasteiger partial charge in [0.1, 0.15) is 0 Å². The van der Waals surface area contributed by atoms with Gasteiger partial charge in [-0.15, -0.1) is 0 Å². The van der Waals surface area contributed by atoms with Gasteiger partial charge in [-0.25, -0.2) is 4.98 Å². The second-order valence-electron chi connectivity index (χ2n) is 5.41. The summed E-state index contributed by atoms with van der Waals surface area (Å²) in [4.78, 5) is 18.5. The first kappa shape index (κ1) is 15.6. The molecule has 3 rings (SSSR count). The van der Waals surface area contributed by atoms with E-state index in [0.29, 0.717) is 18.2 Å². The van der Waals surface area contributed by atoms with E-state index >= 15 is 0 Å². The van der Waals surface area contributed by atoms with Crippen LogP contribution in [0.1, 0.15) is 12.5 Å². The van der Waals surface area contributed by atoms with Gasteiger partial charge in [-0.2, -0.15) is 5.10 Å². The molecular weight excluding hydrogens is 310 g/mol. The molecule has 1 amide bonds. The van der Waals surface area contributed by atoms with E-state index in [1.807, 2.05) is 60.2 Å². The zero-order chi connectivity index (χ0) is 16.2. The van der Waals surface area contributed by atoms with Crippen LogP contribution < -0.4 is 5.32 Å². The number of carbonyl (C=O) groups excluding carboxylic acids is 1. The number of carbonyl (C=O) groups is 1. The molecular formula is C16H19N5OS. The molecule has 1 N–H and O–H groups in total. The third-order valence-corrected chi connectivity index (χ3v) is 4.37. The molecule has 0 fully saturated rings. The molecule has 2 aromatic heterocycles. The average Bonchev–Trinajstić information content (AvgIpc) is 3.12. The first-order valence-corrected chi connectivity index (χ1v) is 8.31. The second-order valence-corrected chi connectivity index (χ2v) is 6.44. The Labute approximate surface area is 138 Å². The number of para-hydroxylation sites is 1. The van der Waals surface area contributed by atoms with Crippen molar-refractivity contribution in [3.05, 3.63) is 42.2 Å². The number of benzene rings is 1. The summed E-state index contributed by atoms with van der Waals surface area (Å²) >= 11 is 1.49. The number of hydrogen-bond donors (Lipinski definition) is 1. The van der Waals surface area contributed by atoms with E-state index in [4.69, 9.17) is 0 Å². The van der Waals surface area contributed by atoms with Crippen LogP contribution in [0.5, 0.6) is 0 Å². The number of nitrogens with one attached hydrogen (secondary N) is 1. The Bertz CT molecular complexity index is 777. The van der Waals surface area contributed by atoms with Crippen LogP contribution in [0.25, 0.3) is 10.2 Å². The van der Waals surface area contributed by atoms with Crippen LogP contribution in [0.3, 0.4) is 0 Å². The highest BCUT2D eigenvalue weighted by Crippen LogP contribution is 2.25. The van der Waals surface area contributed by atoms with E-state index in [1.165, 1.54) is 11.3 Å². The molecule has 23 heavy (non-hydrogen) atoms. The molecule has 2 heterocycles. The standard InChI is InChI=1S/C16H19N5OS/c1-3-21-10-12(8-17-21)9-20(2)11-15(22)19-16-18-13-6-4-5-7-14(13)23-16/h4-8,10H,3,9,11H2,1-2H3,(H,18,19,22). The van der Waals surface area contributed by atoms with E-state index < -0.39 is 0 Å². The van der Waals surface area contributed by atoms with Crippen LogP contribution in [0.15, 0.2) is 36.7 Å². The highest BCUT2D eigenvalue weighted by Gasteiger charge is 2.11. The fourth-order valence-electron chi connectivity index (χ4n) is 2.36. The summed E-state index contributed by atoms with van der Waals surface area (Å²) in [6.45, 7) is 3.90. The number of hydrogen-bond acceptors (Lipinski definition) is 5. The van der Waals surface area contributed by atoms with Crippen molar-refractivity contribution in [2.24, 2.45) is 0 Å². The lowest BCUT2D eigenvalue weighted by Gasteiger charge is -2.14. The Balaban J connectivity index is 1.55. The minimum atomic E-state index is -0.0607. The predicted molar refractivity (Wildman–Crippen MR) is 92.5 cm³/mol. The summed E-state index contributed by atoms with van der Waals surface area (Å²) in [5.74, 6) is -0.0607. The number of aryl methyl sites for hydroxylation is 1. The van der Waals surface area contributed by atoms with Gasteiger partial charge in [-0.05, 0) is 26.1 Å². The molecule has 0 aliphatic rings. The lowest BCUT2D eigenvalue weighted by Crippen LogP contribution is -2.29. The molecule has 0 aliphatic heterocycles. The number of rotatable bonds is 6. The number of thiazole rings is 1. The average molecular weight is 329 g/mol. The van der Waals surface area contributed by atoms with E-state index in [0.717, 1.165) is 22.3 Å². The Kier molecular flexibility index (Phi) is 4.68. The van der Waals surface area contributed by atoms with Crippen LogP contribution in [-0.4, -0.2) is 39.2 Å². The van der Waals surface area contributed by atoms with Crippen molar-refractivity contribution in [2.75, 3.05) is 18.9 Å². The molecule has 3 aromatic rings. The number of likely N-dealkylation sites (N-methyl/N-ethyl adjacent to an activating group) is 1. The number of nitrogens with zero attached hydrogens (tertiary/aromatic N) is 4. The van der Waals surface area contributed by atoms with Crippen molar-refractivity contribution in [1.29, 1.82) is 0 Å². The van der Waals surface area contributed by atoms with Gasteiger partial charge >= 0.3 is 0 Å². The maximum Gasteiger partial charge on any atom is 0.240 e. The van der Waals surface area contributed by atoms with Gasteiger partial charge in [0, 0.05) is 24.8 Å². The number of anilines is 1. The largest absolute Gasteiger partial charge is 0.301 e. The predicted octanol–water partition coefficient (Wildman–Crippen LogP) is 2.58. The van der Waals surface area contributed by atoms with Gasteiger partial charge in [0.15, 0.2) is 5.13 Å². The van der Waals surface area contributed by atoms with Crippen molar-refractivity contribution in [2.45, 2.75) is 20.0 Å². The monoisotopic (exact) mass is 329 g/mol. The Hall–Kier alpha value is -2.25. The molecule has 120 valence electrons. The second kappa shape index (κ2) is 6.89. The van der Waals surface area contributed by atoms with Crippen LogP contribution in [0.4, 0.5) is 5.13 Å². The van der Waals surface area contributed by atoms with Gasteiger partial charge in [-0.3, -0.25) is 14.4 Å². The Morgan fingerprint density at radius 2 is 2.22 bits per heavy atom. The van der Waals surface area contributed by atoms with Gasteiger partial charge in [0.05, 0.1) is 23.0 Å². The zero-order valence-corrected chi connectivity index (χ0v) is 14.0. The van der Waals surface area contributed by atoms with Crippen molar-refractivity contribution in [1.82, 2.24) is 19.7 Å². The van der Waals surface area contributed by atoms with E-state index in [-0.39, 0.29) is 5.91 Å². The van der Waals surface area contributed by atoms with Crippen LogP contribution in [-0.2, 0) is 17.9 Å². The van der Waals surface area contributed by atoms with Crippen molar-refractivity contribution in [3.8, 4) is 0 Å². The van der Waals surface area contributed by atoms with Crippen LogP contribution >= 0.6 is 11.3 Å². The van der Waals surface area contributed by atoms with Crippen LogP contribution in [0.2, 0.25) is 0 Å². The van der Waals surface area contributed by atoms with Crippen molar-refractivity contribution >= 4 is 32.6 Å². The SMILES string of the molecule is CCn1cc(CN(C)CC(=O)Nc2nc3ccccc3s2)cn1. The molecule has 6 nitrogen and oxygen atoms in total. The number of amides is 1. The Morgan fingerprint density at radius 1 is 1.39 bits per heavy atom. The number of fused-ring (bicyclic) bond motifs is 1. The molecule has 1 aromatic carbocycles. The van der Waals surface area contributed by atoms with Gasteiger partial charge in [0.2, 0.25) is 5.91 Å². The van der Waals surface area contributed by atoms with E-state index in [9.17, 15) is 4.79 Å². The fraction of sp³-hybridized carbons (Fsp3) is 0.312. The van der Waals surface area contributed by atoms with E-state index in [2.05, 4.69) is 15.4 Å². The summed E-state index contributed by atoms with van der Waals surface area (Å²) < 4.78 is 2.95. The maximum absolute atomic E-state index is 12.1. The third-order valence-electron chi connectivity index (χ3n) is 3.42. The molecule has 0 bridgehead atoms. The first-order valence-electron chi connectivity index (χ1n) is 7.49. The summed E-state index contributed by atoms with van der Waals surface area (Å²) in [5.41, 5.74) is 2.01. The highest BCUT2D eigenvalue weighted by atomic mass is 32.1. The molecule has 0 saturated heterocycles. The minimum Gasteiger partial charge on any atom is -0.301 e. The van der Waals surface area contributed by atoms with Gasteiger partial charge in [-0.1, -0.05) is 23.5 Å². The normalized spacial score (nSPS) is 11.3. The lowest BCUT2D eigenvalue weighted by atomic mass is 10.3. The highest BCUT2D eigenvalue weighted by molar-refractivity contribution is 7.22. The van der Waals surface area contributed by atoms with Crippen molar-refractivity contribution < 1.29 is 4.79 Å². The molecule has 7 heteroatoms. The van der Waals surface area contributed by atoms with Crippen LogP contribution in [0, 0.1) is 0 Å². The van der Waals surface area contributed by atoms with Gasteiger partial charge < -0.3 is 5.32 Å². The molecule has 0 atom stereocenters. The summed E-state index contributed by atoms with van der Waals surface area (Å²) in [6, 6.07) is 7.85. The molecule has 0 spiro atoms. The summed E-state index contributed by atoms with van der Waals surface area (Å²) in [7, 11) is 1.92. The summed E-state index contributed by atoms with van der Waals surface area (Å²) in [5, 5.41) is 7.75. The van der Waals surface area contributed by atoms with Crippen molar-refractivity contribution in [3.63, 3.8) is 0 Å². The summed E-state index contributed by atoms with van der Waals surface area (Å²) in [6.07, 6.45) is 3.84. The first-order chi connectivity index (χ1) is 11.1. The zero-order valence-electron chi connectivity index (χ0n) is 13.2. The lowest BCUT2D eigenvalue weighted by molar-refractivity contribution is -0.117. The number of aromatic nitrogens is 3. The van der Waals surface area contributed by atoms with E-state index in [1.54, 1.807) is 0 Å². The third kappa shape index (κ3) is 3.94. The molecule has 0 unspecified atom stereocenters. The topological polar surface area (TPSA) is 63.1 Å². The fourth-order valence-corrected chi connectivity index (χ4v) is 3.24. The Morgan fingerprint density at radius 3 is 2.96 bits per heavy atom. The smallest absolute Gasteiger partial charge is 0.240 e. The molecule has 0 aliphatic carbocycles. The molecule has 0 saturated carbocycles. The quantitative estimate of drug-likeness (QED) is 0.755.